The van der Waals surface area contributed by atoms with Crippen molar-refractivity contribution in [3.8, 4) is 5.69 Å². The molecule has 5 nitrogen and oxygen atoms in total. The van der Waals surface area contributed by atoms with Gasteiger partial charge < -0.3 is 4.90 Å². The van der Waals surface area contributed by atoms with Gasteiger partial charge in [-0.05, 0) is 48.4 Å². The number of fused-ring (bicyclic) bond motifs is 2. The van der Waals surface area contributed by atoms with Crippen LogP contribution >= 0.6 is 0 Å². The number of para-hydroxylation sites is 1. The van der Waals surface area contributed by atoms with E-state index in [0.717, 1.165) is 29.3 Å². The molecule has 1 aromatic heterocycles. The van der Waals surface area contributed by atoms with E-state index in [1.165, 1.54) is 0 Å². The SMILES string of the molecule is CCCCN(C(=O)C(C)C)C(C)c1nc2ccccc2c(=O)n1-c1ccc2ccccc2c1. The van der Waals surface area contributed by atoms with Crippen molar-refractivity contribution in [3.05, 3.63) is 82.9 Å². The molecule has 0 saturated carbocycles. The van der Waals surface area contributed by atoms with Gasteiger partial charge in [-0.3, -0.25) is 14.2 Å². The van der Waals surface area contributed by atoms with Crippen LogP contribution in [0.15, 0.2) is 71.5 Å². The molecular formula is C28H31N3O2. The quantitative estimate of drug-likeness (QED) is 0.360. The first-order valence-electron chi connectivity index (χ1n) is 11.7. The highest BCUT2D eigenvalue weighted by Crippen LogP contribution is 2.26. The van der Waals surface area contributed by atoms with Crippen LogP contribution in [0.2, 0.25) is 0 Å². The van der Waals surface area contributed by atoms with Gasteiger partial charge in [0.2, 0.25) is 5.91 Å². The lowest BCUT2D eigenvalue weighted by molar-refractivity contribution is -0.137. The molecular weight excluding hydrogens is 410 g/mol. The van der Waals surface area contributed by atoms with Crippen LogP contribution in [0, 0.1) is 5.92 Å². The van der Waals surface area contributed by atoms with E-state index in [0.29, 0.717) is 23.3 Å². The van der Waals surface area contributed by atoms with Crippen LogP contribution in [0.4, 0.5) is 0 Å². The van der Waals surface area contributed by atoms with E-state index in [1.807, 2.05) is 86.3 Å². The zero-order chi connectivity index (χ0) is 23.5. The van der Waals surface area contributed by atoms with Crippen LogP contribution in [-0.2, 0) is 4.79 Å². The molecule has 0 aliphatic carbocycles. The first-order chi connectivity index (χ1) is 15.9. The number of nitrogens with zero attached hydrogens (tertiary/aromatic N) is 3. The highest BCUT2D eigenvalue weighted by molar-refractivity contribution is 5.85. The van der Waals surface area contributed by atoms with Gasteiger partial charge in [0.25, 0.3) is 5.56 Å². The molecule has 170 valence electrons. The van der Waals surface area contributed by atoms with Crippen molar-refractivity contribution in [2.24, 2.45) is 5.92 Å². The molecule has 5 heteroatoms. The lowest BCUT2D eigenvalue weighted by Crippen LogP contribution is -2.40. The van der Waals surface area contributed by atoms with Crippen molar-refractivity contribution >= 4 is 27.6 Å². The van der Waals surface area contributed by atoms with E-state index in [2.05, 4.69) is 13.0 Å². The van der Waals surface area contributed by atoms with Crippen molar-refractivity contribution in [2.45, 2.75) is 46.6 Å². The molecule has 0 saturated heterocycles. The van der Waals surface area contributed by atoms with Gasteiger partial charge in [-0.15, -0.1) is 0 Å². The molecule has 4 aromatic rings. The van der Waals surface area contributed by atoms with Crippen LogP contribution in [0.25, 0.3) is 27.4 Å². The van der Waals surface area contributed by atoms with Crippen LogP contribution in [0.1, 0.15) is 52.4 Å². The Labute approximate surface area is 194 Å². The number of hydrogen-bond acceptors (Lipinski definition) is 3. The Morgan fingerprint density at radius 1 is 0.970 bits per heavy atom. The molecule has 33 heavy (non-hydrogen) atoms. The van der Waals surface area contributed by atoms with E-state index < -0.39 is 0 Å². The standard InChI is InChI=1S/C28H31N3O2/c1-5-6-17-30(27(32)19(2)3)20(4)26-29-25-14-10-9-13-24(25)28(33)31(26)23-16-15-21-11-7-8-12-22(21)18-23/h7-16,18-20H,5-6,17H2,1-4H3. The molecule has 1 unspecified atom stereocenters. The van der Waals surface area contributed by atoms with Crippen LogP contribution < -0.4 is 5.56 Å². The van der Waals surface area contributed by atoms with E-state index >= 15 is 0 Å². The van der Waals surface area contributed by atoms with Gasteiger partial charge in [0.15, 0.2) is 0 Å². The molecule has 0 spiro atoms. The molecule has 0 fully saturated rings. The summed E-state index contributed by atoms with van der Waals surface area (Å²) in [6.07, 6.45) is 1.88. The molecule has 0 aliphatic heterocycles. The van der Waals surface area contributed by atoms with Gasteiger partial charge in [0.1, 0.15) is 5.82 Å². The third kappa shape index (κ3) is 4.40. The van der Waals surface area contributed by atoms with Crippen LogP contribution in [0.3, 0.4) is 0 Å². The van der Waals surface area contributed by atoms with Crippen molar-refractivity contribution in [2.75, 3.05) is 6.54 Å². The summed E-state index contributed by atoms with van der Waals surface area (Å²) >= 11 is 0. The number of hydrogen-bond donors (Lipinski definition) is 0. The van der Waals surface area contributed by atoms with Gasteiger partial charge >= 0.3 is 0 Å². The summed E-state index contributed by atoms with van der Waals surface area (Å²) in [5.74, 6) is 0.521. The number of aromatic nitrogens is 2. The third-order valence-corrected chi connectivity index (χ3v) is 6.16. The van der Waals surface area contributed by atoms with Crippen LogP contribution in [-0.4, -0.2) is 26.9 Å². The first kappa shape index (κ1) is 22.7. The fraction of sp³-hybridized carbons (Fsp3) is 0.321. The highest BCUT2D eigenvalue weighted by atomic mass is 16.2. The molecule has 4 rings (SSSR count). The van der Waals surface area contributed by atoms with E-state index in [4.69, 9.17) is 4.98 Å². The van der Waals surface area contributed by atoms with E-state index in [1.54, 1.807) is 4.57 Å². The number of carbonyl (C=O) groups is 1. The smallest absolute Gasteiger partial charge is 0.266 e. The number of rotatable bonds is 7. The summed E-state index contributed by atoms with van der Waals surface area (Å²) in [5, 5.41) is 2.73. The largest absolute Gasteiger partial charge is 0.333 e. The summed E-state index contributed by atoms with van der Waals surface area (Å²) in [5.41, 5.74) is 1.28. The average molecular weight is 442 g/mol. The molecule has 0 N–H and O–H groups in total. The second-order valence-corrected chi connectivity index (χ2v) is 8.88. The van der Waals surface area contributed by atoms with E-state index in [-0.39, 0.29) is 23.4 Å². The summed E-state index contributed by atoms with van der Waals surface area (Å²) in [4.78, 5) is 33.7. The number of amides is 1. The minimum Gasteiger partial charge on any atom is -0.333 e. The minimum absolute atomic E-state index is 0.0726. The Morgan fingerprint density at radius 2 is 1.67 bits per heavy atom. The lowest BCUT2D eigenvalue weighted by atomic mass is 10.1. The maximum absolute atomic E-state index is 13.8. The second kappa shape index (κ2) is 9.57. The average Bonchev–Trinajstić information content (AvgIpc) is 2.83. The predicted molar refractivity (Wildman–Crippen MR) is 135 cm³/mol. The highest BCUT2D eigenvalue weighted by Gasteiger charge is 2.27. The molecule has 3 aromatic carbocycles. The monoisotopic (exact) mass is 441 g/mol. The Kier molecular flexibility index (Phi) is 6.59. The van der Waals surface area contributed by atoms with Crippen LogP contribution in [0.5, 0.6) is 0 Å². The first-order valence-corrected chi connectivity index (χ1v) is 11.7. The minimum atomic E-state index is -0.352. The fourth-order valence-corrected chi connectivity index (χ4v) is 4.29. The summed E-state index contributed by atoms with van der Waals surface area (Å²) in [6, 6.07) is 21.1. The fourth-order valence-electron chi connectivity index (χ4n) is 4.29. The lowest BCUT2D eigenvalue weighted by Gasteiger charge is -2.32. The van der Waals surface area contributed by atoms with Crippen molar-refractivity contribution < 1.29 is 4.79 Å². The maximum Gasteiger partial charge on any atom is 0.266 e. The molecule has 1 heterocycles. The zero-order valence-corrected chi connectivity index (χ0v) is 19.8. The molecule has 1 atom stereocenters. The Morgan fingerprint density at radius 3 is 2.39 bits per heavy atom. The normalized spacial score (nSPS) is 12.4. The molecule has 1 amide bonds. The van der Waals surface area contributed by atoms with Crippen molar-refractivity contribution in [1.82, 2.24) is 14.5 Å². The number of carbonyl (C=O) groups excluding carboxylic acids is 1. The number of unbranched alkanes of at least 4 members (excludes halogenated alkanes) is 1. The Balaban J connectivity index is 1.96. The summed E-state index contributed by atoms with van der Waals surface area (Å²) in [7, 11) is 0. The van der Waals surface area contributed by atoms with Gasteiger partial charge in [0, 0.05) is 12.5 Å². The van der Waals surface area contributed by atoms with Gasteiger partial charge in [-0.2, -0.15) is 0 Å². The predicted octanol–water partition coefficient (Wildman–Crippen LogP) is 5.88. The zero-order valence-electron chi connectivity index (χ0n) is 19.8. The molecule has 0 radical (unpaired) electrons. The second-order valence-electron chi connectivity index (χ2n) is 8.88. The summed E-state index contributed by atoms with van der Waals surface area (Å²) < 4.78 is 1.69. The van der Waals surface area contributed by atoms with Crippen molar-refractivity contribution in [1.29, 1.82) is 0 Å². The maximum atomic E-state index is 13.8. The topological polar surface area (TPSA) is 55.2 Å². The Hall–Kier alpha value is -3.47. The van der Waals surface area contributed by atoms with Gasteiger partial charge in [-0.25, -0.2) is 4.98 Å². The van der Waals surface area contributed by atoms with Gasteiger partial charge in [0.05, 0.1) is 22.6 Å². The number of benzene rings is 3. The Bertz CT molecular complexity index is 1360. The van der Waals surface area contributed by atoms with E-state index in [9.17, 15) is 9.59 Å². The third-order valence-electron chi connectivity index (χ3n) is 6.16. The molecule has 0 aliphatic rings. The van der Waals surface area contributed by atoms with Gasteiger partial charge in [-0.1, -0.05) is 69.7 Å². The summed E-state index contributed by atoms with van der Waals surface area (Å²) in [6.45, 7) is 8.55. The van der Waals surface area contributed by atoms with Crippen molar-refractivity contribution in [3.63, 3.8) is 0 Å². The molecule has 0 bridgehead atoms.